The molecule has 0 unspecified atom stereocenters. The number of nitrogens with zero attached hydrogens (tertiary/aromatic N) is 3. The Kier molecular flexibility index (Phi) is 7.87. The van der Waals surface area contributed by atoms with E-state index in [0.717, 1.165) is 32.8 Å². The molecule has 0 radical (unpaired) electrons. The quantitative estimate of drug-likeness (QED) is 0.170. The van der Waals surface area contributed by atoms with Crippen molar-refractivity contribution >= 4 is 50.2 Å². The lowest BCUT2D eigenvalue weighted by atomic mass is 9.98. The number of carbonyl (C=O) groups excluding carboxylic acids is 1. The van der Waals surface area contributed by atoms with Crippen LogP contribution in [0.15, 0.2) is 112 Å². The summed E-state index contributed by atoms with van der Waals surface area (Å²) in [6, 6.07) is 31.6. The maximum absolute atomic E-state index is 13.8. The second kappa shape index (κ2) is 11.7. The summed E-state index contributed by atoms with van der Waals surface area (Å²) in [6.07, 6.45) is 2.89. The van der Waals surface area contributed by atoms with E-state index in [0.29, 0.717) is 12.2 Å². The molecule has 1 aliphatic rings. The number of hydrazone groups is 1. The molecule has 1 aromatic heterocycles. The van der Waals surface area contributed by atoms with E-state index in [-0.39, 0.29) is 11.9 Å². The van der Waals surface area contributed by atoms with Gasteiger partial charge in [0.2, 0.25) is 0 Å². The summed E-state index contributed by atoms with van der Waals surface area (Å²) in [5.41, 5.74) is 9.33. The molecule has 1 amide bonds. The maximum atomic E-state index is 13.8. The number of thioether (sulfide) groups is 1. The highest BCUT2D eigenvalue weighted by molar-refractivity contribution is 9.10. The molecule has 0 spiro atoms. The largest absolute Gasteiger partial charge is 0.342 e. The monoisotopic (exact) mass is 621 g/mol. The third kappa shape index (κ3) is 5.90. The van der Waals surface area contributed by atoms with Crippen molar-refractivity contribution < 1.29 is 4.79 Å². The fourth-order valence-corrected chi connectivity index (χ4v) is 6.63. The van der Waals surface area contributed by atoms with Crippen molar-refractivity contribution in [2.45, 2.75) is 44.7 Å². The summed E-state index contributed by atoms with van der Waals surface area (Å²) in [6.45, 7) is 7.18. The topological polar surface area (TPSA) is 37.6 Å². The van der Waals surface area contributed by atoms with E-state index in [9.17, 15) is 4.79 Å². The van der Waals surface area contributed by atoms with Crippen molar-refractivity contribution in [1.29, 1.82) is 0 Å². The number of halogens is 1. The van der Waals surface area contributed by atoms with Gasteiger partial charge in [0.15, 0.2) is 0 Å². The second-order valence-corrected chi connectivity index (χ2v) is 12.7. The lowest BCUT2D eigenvalue weighted by Gasteiger charge is -2.22. The van der Waals surface area contributed by atoms with Gasteiger partial charge < -0.3 is 4.57 Å². The van der Waals surface area contributed by atoms with Gasteiger partial charge in [0, 0.05) is 39.4 Å². The van der Waals surface area contributed by atoms with Gasteiger partial charge in [0.25, 0.3) is 5.91 Å². The average molecular weight is 623 g/mol. The molecule has 2 heterocycles. The van der Waals surface area contributed by atoms with Crippen LogP contribution in [0.2, 0.25) is 0 Å². The molecule has 1 atom stereocenters. The highest BCUT2D eigenvalue weighted by Gasteiger charge is 2.33. The molecule has 0 bridgehead atoms. The second-order valence-electron chi connectivity index (χ2n) is 10.8. The molecular weight excluding hydrogens is 590 g/mol. The predicted molar refractivity (Wildman–Crippen MR) is 174 cm³/mol. The Bertz CT molecular complexity index is 1760. The Morgan fingerprint density at radius 2 is 1.66 bits per heavy atom. The minimum Gasteiger partial charge on any atom is -0.342 e. The minimum absolute atomic E-state index is 0.0130. The summed E-state index contributed by atoms with van der Waals surface area (Å²) in [5, 5.41) is 7.77. The van der Waals surface area contributed by atoms with Gasteiger partial charge in [-0.05, 0) is 61.2 Å². The van der Waals surface area contributed by atoms with Crippen LogP contribution < -0.4 is 0 Å². The van der Waals surface area contributed by atoms with Crippen LogP contribution in [-0.4, -0.2) is 26.9 Å². The van der Waals surface area contributed by atoms with Crippen LogP contribution in [0.3, 0.4) is 0 Å². The normalized spacial score (nSPS) is 15.0. The van der Waals surface area contributed by atoms with Crippen LogP contribution in [0.4, 0.5) is 0 Å². The molecular formula is C35H32BrN3OS. The van der Waals surface area contributed by atoms with Crippen LogP contribution in [0.25, 0.3) is 10.9 Å². The number of hydrogen-bond donors (Lipinski definition) is 0. The zero-order valence-corrected chi connectivity index (χ0v) is 25.9. The van der Waals surface area contributed by atoms with Crippen molar-refractivity contribution in [3.05, 3.63) is 135 Å². The SMILES string of the molecule is Cc1ccc([C@@H]2CC(c3ccc(Br)cc3)=NN2C(=O)CSc2cn(Cc3cc(C)ccc3C)c3ccccc23)cc1. The number of carbonyl (C=O) groups is 1. The van der Waals surface area contributed by atoms with E-state index in [1.165, 1.54) is 33.2 Å². The minimum atomic E-state index is -0.118. The summed E-state index contributed by atoms with van der Waals surface area (Å²) in [5.74, 6) is 0.329. The van der Waals surface area contributed by atoms with Gasteiger partial charge in [-0.15, -0.1) is 11.8 Å². The van der Waals surface area contributed by atoms with Gasteiger partial charge >= 0.3 is 0 Å². The highest BCUT2D eigenvalue weighted by Crippen LogP contribution is 2.36. The molecule has 6 heteroatoms. The third-order valence-corrected chi connectivity index (χ3v) is 9.31. The first-order valence-electron chi connectivity index (χ1n) is 13.8. The maximum Gasteiger partial charge on any atom is 0.253 e. The molecule has 0 saturated heterocycles. The fourth-order valence-electron chi connectivity index (χ4n) is 5.42. The summed E-state index contributed by atoms with van der Waals surface area (Å²) < 4.78 is 3.33. The van der Waals surface area contributed by atoms with Crippen molar-refractivity contribution in [1.82, 2.24) is 9.58 Å². The highest BCUT2D eigenvalue weighted by atomic mass is 79.9. The van der Waals surface area contributed by atoms with Crippen molar-refractivity contribution in [3.63, 3.8) is 0 Å². The lowest BCUT2D eigenvalue weighted by molar-refractivity contribution is -0.130. The van der Waals surface area contributed by atoms with E-state index >= 15 is 0 Å². The summed E-state index contributed by atoms with van der Waals surface area (Å²) in [7, 11) is 0. The molecule has 1 aliphatic heterocycles. The zero-order chi connectivity index (χ0) is 28.5. The lowest BCUT2D eigenvalue weighted by Crippen LogP contribution is -2.28. The molecule has 0 N–H and O–H groups in total. The fraction of sp³-hybridized carbons (Fsp3) is 0.200. The van der Waals surface area contributed by atoms with Gasteiger partial charge in [0.05, 0.1) is 17.5 Å². The Hall–Kier alpha value is -3.61. The van der Waals surface area contributed by atoms with Gasteiger partial charge in [-0.25, -0.2) is 5.01 Å². The number of amides is 1. The summed E-state index contributed by atoms with van der Waals surface area (Å²) in [4.78, 5) is 14.9. The molecule has 206 valence electrons. The van der Waals surface area contributed by atoms with Crippen LogP contribution in [-0.2, 0) is 11.3 Å². The van der Waals surface area contributed by atoms with Gasteiger partial charge in [0.1, 0.15) is 0 Å². The number of rotatable bonds is 7. The van der Waals surface area contributed by atoms with Crippen molar-refractivity contribution in [3.8, 4) is 0 Å². The van der Waals surface area contributed by atoms with Crippen LogP contribution in [0.5, 0.6) is 0 Å². The van der Waals surface area contributed by atoms with E-state index < -0.39 is 0 Å². The molecule has 0 fully saturated rings. The van der Waals surface area contributed by atoms with Crippen molar-refractivity contribution in [2.75, 3.05) is 5.75 Å². The Morgan fingerprint density at radius 3 is 2.44 bits per heavy atom. The first-order chi connectivity index (χ1) is 19.9. The first-order valence-corrected chi connectivity index (χ1v) is 15.6. The number of fused-ring (bicyclic) bond motifs is 1. The number of para-hydroxylation sites is 1. The van der Waals surface area contributed by atoms with Crippen LogP contribution >= 0.6 is 27.7 Å². The Morgan fingerprint density at radius 1 is 0.927 bits per heavy atom. The van der Waals surface area contributed by atoms with E-state index in [2.05, 4.69) is 126 Å². The van der Waals surface area contributed by atoms with Gasteiger partial charge in [-0.2, -0.15) is 5.10 Å². The Balaban J connectivity index is 1.26. The van der Waals surface area contributed by atoms with E-state index in [4.69, 9.17) is 5.10 Å². The number of hydrogen-bond acceptors (Lipinski definition) is 3. The van der Waals surface area contributed by atoms with Crippen LogP contribution in [0, 0.1) is 20.8 Å². The smallest absolute Gasteiger partial charge is 0.253 e. The van der Waals surface area contributed by atoms with E-state index in [1.54, 1.807) is 16.8 Å². The standard InChI is InChI=1S/C35H32BrN3OS/c1-23-9-12-27(13-10-23)33-19-31(26-14-16-29(36)17-15-26)37-39(33)35(40)22-41-34-21-38(32-7-5-4-6-30(32)34)20-28-18-24(2)8-11-25(28)3/h4-18,21,33H,19-20,22H2,1-3H3/t33-/m0/s1. The first kappa shape index (κ1) is 27.6. The number of aromatic nitrogens is 1. The molecule has 0 aliphatic carbocycles. The molecule has 6 rings (SSSR count). The number of benzene rings is 4. The van der Waals surface area contributed by atoms with Crippen molar-refractivity contribution in [2.24, 2.45) is 5.10 Å². The zero-order valence-electron chi connectivity index (χ0n) is 23.5. The summed E-state index contributed by atoms with van der Waals surface area (Å²) >= 11 is 5.12. The number of aryl methyl sites for hydroxylation is 3. The van der Waals surface area contributed by atoms with Crippen LogP contribution in [0.1, 0.15) is 45.8 Å². The van der Waals surface area contributed by atoms with Gasteiger partial charge in [-0.3, -0.25) is 4.79 Å². The molecule has 0 saturated carbocycles. The van der Waals surface area contributed by atoms with E-state index in [1.807, 2.05) is 12.1 Å². The molecule has 4 nitrogen and oxygen atoms in total. The average Bonchev–Trinajstić information content (AvgIpc) is 3.57. The molecule has 41 heavy (non-hydrogen) atoms. The predicted octanol–water partition coefficient (Wildman–Crippen LogP) is 8.85. The molecule has 5 aromatic rings. The van der Waals surface area contributed by atoms with Gasteiger partial charge in [-0.1, -0.05) is 99.9 Å². The molecule has 4 aromatic carbocycles. The third-order valence-electron chi connectivity index (χ3n) is 7.75. The Labute approximate surface area is 254 Å².